The molecule has 0 amide bonds. The predicted molar refractivity (Wildman–Crippen MR) is 76.6 cm³/mol. The third kappa shape index (κ3) is 2.74. The zero-order valence-corrected chi connectivity index (χ0v) is 10.9. The second-order valence-corrected chi connectivity index (χ2v) is 4.42. The summed E-state index contributed by atoms with van der Waals surface area (Å²) in [5.41, 5.74) is 11.0. The molecular formula is C15H18N2O. The fourth-order valence-corrected chi connectivity index (χ4v) is 1.80. The van der Waals surface area contributed by atoms with Crippen molar-refractivity contribution >= 4 is 17.1 Å². The van der Waals surface area contributed by atoms with Crippen molar-refractivity contribution in [1.82, 2.24) is 0 Å². The SMILES string of the molecule is COc1cc(N)cc(Nc2ccc(C)c(C)c2)c1. The molecule has 0 saturated carbocycles. The average molecular weight is 242 g/mol. The van der Waals surface area contributed by atoms with Gasteiger partial charge in [0.2, 0.25) is 0 Å². The van der Waals surface area contributed by atoms with Crippen molar-refractivity contribution in [2.24, 2.45) is 0 Å². The van der Waals surface area contributed by atoms with Crippen LogP contribution in [0.2, 0.25) is 0 Å². The zero-order valence-electron chi connectivity index (χ0n) is 10.9. The van der Waals surface area contributed by atoms with Gasteiger partial charge in [0.1, 0.15) is 5.75 Å². The third-order valence-corrected chi connectivity index (χ3v) is 2.96. The van der Waals surface area contributed by atoms with E-state index in [-0.39, 0.29) is 0 Å². The maximum absolute atomic E-state index is 5.82. The monoisotopic (exact) mass is 242 g/mol. The minimum absolute atomic E-state index is 0.681. The van der Waals surface area contributed by atoms with Gasteiger partial charge in [0, 0.05) is 29.2 Å². The van der Waals surface area contributed by atoms with Gasteiger partial charge in [-0.2, -0.15) is 0 Å². The van der Waals surface area contributed by atoms with Gasteiger partial charge in [-0.05, 0) is 43.2 Å². The van der Waals surface area contributed by atoms with Crippen LogP contribution in [0.4, 0.5) is 17.1 Å². The van der Waals surface area contributed by atoms with Crippen molar-refractivity contribution in [2.75, 3.05) is 18.2 Å². The summed E-state index contributed by atoms with van der Waals surface area (Å²) in [6, 6.07) is 11.9. The van der Waals surface area contributed by atoms with Gasteiger partial charge in [-0.3, -0.25) is 0 Å². The van der Waals surface area contributed by atoms with Crippen LogP contribution < -0.4 is 15.8 Å². The van der Waals surface area contributed by atoms with E-state index in [1.165, 1.54) is 11.1 Å². The Bertz CT molecular complexity index is 564. The fraction of sp³-hybridized carbons (Fsp3) is 0.200. The van der Waals surface area contributed by atoms with Crippen molar-refractivity contribution < 1.29 is 4.74 Å². The molecule has 2 aromatic carbocycles. The molecule has 0 spiro atoms. The molecule has 2 aromatic rings. The molecule has 3 heteroatoms. The van der Waals surface area contributed by atoms with Gasteiger partial charge in [-0.15, -0.1) is 0 Å². The Labute approximate surface area is 108 Å². The molecule has 3 N–H and O–H groups in total. The number of rotatable bonds is 3. The summed E-state index contributed by atoms with van der Waals surface area (Å²) in [5.74, 6) is 0.751. The summed E-state index contributed by atoms with van der Waals surface area (Å²) in [4.78, 5) is 0. The molecule has 0 fully saturated rings. The van der Waals surface area contributed by atoms with Crippen molar-refractivity contribution in [3.8, 4) is 5.75 Å². The van der Waals surface area contributed by atoms with E-state index in [4.69, 9.17) is 10.5 Å². The second-order valence-electron chi connectivity index (χ2n) is 4.42. The summed E-state index contributed by atoms with van der Waals surface area (Å²) >= 11 is 0. The number of benzene rings is 2. The van der Waals surface area contributed by atoms with Crippen molar-refractivity contribution in [1.29, 1.82) is 0 Å². The lowest BCUT2D eigenvalue weighted by Gasteiger charge is -2.11. The van der Waals surface area contributed by atoms with Crippen LogP contribution in [-0.4, -0.2) is 7.11 Å². The normalized spacial score (nSPS) is 10.2. The Morgan fingerprint density at radius 3 is 2.39 bits per heavy atom. The van der Waals surface area contributed by atoms with Crippen LogP contribution in [0, 0.1) is 13.8 Å². The number of nitrogens with one attached hydrogen (secondary N) is 1. The van der Waals surface area contributed by atoms with Crippen molar-refractivity contribution in [3.05, 3.63) is 47.5 Å². The molecule has 0 aliphatic rings. The zero-order chi connectivity index (χ0) is 13.1. The number of hydrogen-bond donors (Lipinski definition) is 2. The van der Waals surface area contributed by atoms with Crippen molar-refractivity contribution in [3.63, 3.8) is 0 Å². The molecule has 18 heavy (non-hydrogen) atoms. The molecule has 0 radical (unpaired) electrons. The maximum atomic E-state index is 5.82. The summed E-state index contributed by atoms with van der Waals surface area (Å²) in [5, 5.41) is 3.33. The van der Waals surface area contributed by atoms with Gasteiger partial charge in [-0.1, -0.05) is 6.07 Å². The largest absolute Gasteiger partial charge is 0.497 e. The lowest BCUT2D eigenvalue weighted by molar-refractivity contribution is 0.415. The van der Waals surface area contributed by atoms with Crippen LogP contribution in [-0.2, 0) is 0 Å². The van der Waals surface area contributed by atoms with E-state index in [1.54, 1.807) is 13.2 Å². The molecular weight excluding hydrogens is 224 g/mol. The highest BCUT2D eigenvalue weighted by Gasteiger charge is 2.01. The van der Waals surface area contributed by atoms with E-state index in [0.717, 1.165) is 17.1 Å². The third-order valence-electron chi connectivity index (χ3n) is 2.96. The Kier molecular flexibility index (Phi) is 3.42. The average Bonchev–Trinajstić information content (AvgIpc) is 2.33. The quantitative estimate of drug-likeness (QED) is 0.808. The Morgan fingerprint density at radius 2 is 1.72 bits per heavy atom. The van der Waals surface area contributed by atoms with E-state index < -0.39 is 0 Å². The van der Waals surface area contributed by atoms with Crippen LogP contribution in [0.15, 0.2) is 36.4 Å². The first-order valence-corrected chi connectivity index (χ1v) is 5.87. The predicted octanol–water partition coefficient (Wildman–Crippen LogP) is 3.64. The minimum atomic E-state index is 0.681. The minimum Gasteiger partial charge on any atom is -0.497 e. The van der Waals surface area contributed by atoms with Gasteiger partial charge >= 0.3 is 0 Å². The molecule has 0 unspecified atom stereocenters. The highest BCUT2D eigenvalue weighted by molar-refractivity contribution is 5.66. The van der Waals surface area contributed by atoms with E-state index in [9.17, 15) is 0 Å². The number of ether oxygens (including phenoxy) is 1. The lowest BCUT2D eigenvalue weighted by atomic mass is 10.1. The molecule has 0 heterocycles. The number of anilines is 3. The number of methoxy groups -OCH3 is 1. The molecule has 0 aromatic heterocycles. The summed E-state index contributed by atoms with van der Waals surface area (Å²) in [6.45, 7) is 4.20. The molecule has 0 bridgehead atoms. The molecule has 3 nitrogen and oxygen atoms in total. The van der Waals surface area contributed by atoms with E-state index in [1.807, 2.05) is 12.1 Å². The smallest absolute Gasteiger partial charge is 0.122 e. The Hall–Kier alpha value is -2.16. The van der Waals surface area contributed by atoms with E-state index >= 15 is 0 Å². The molecule has 0 aliphatic heterocycles. The van der Waals surface area contributed by atoms with Crippen LogP contribution in [0.25, 0.3) is 0 Å². The lowest BCUT2D eigenvalue weighted by Crippen LogP contribution is -1.95. The summed E-state index contributed by atoms with van der Waals surface area (Å²) in [6.07, 6.45) is 0. The van der Waals surface area contributed by atoms with Crippen LogP contribution in [0.3, 0.4) is 0 Å². The summed E-state index contributed by atoms with van der Waals surface area (Å²) < 4.78 is 5.20. The second kappa shape index (κ2) is 5.00. The number of aryl methyl sites for hydroxylation is 2. The molecule has 2 rings (SSSR count). The van der Waals surface area contributed by atoms with Gasteiger partial charge in [0.15, 0.2) is 0 Å². The van der Waals surface area contributed by atoms with Gasteiger partial charge in [0.05, 0.1) is 7.11 Å². The number of nitrogens with two attached hydrogens (primary N) is 1. The molecule has 94 valence electrons. The fourth-order valence-electron chi connectivity index (χ4n) is 1.80. The Balaban J connectivity index is 2.27. The molecule has 0 aliphatic carbocycles. The molecule has 0 atom stereocenters. The summed E-state index contributed by atoms with van der Waals surface area (Å²) in [7, 11) is 1.63. The van der Waals surface area contributed by atoms with E-state index in [0.29, 0.717) is 5.69 Å². The van der Waals surface area contributed by atoms with E-state index in [2.05, 4.69) is 37.4 Å². The van der Waals surface area contributed by atoms with Crippen LogP contribution >= 0.6 is 0 Å². The topological polar surface area (TPSA) is 47.3 Å². The first-order chi connectivity index (χ1) is 8.58. The number of hydrogen-bond acceptors (Lipinski definition) is 3. The number of nitrogen functional groups attached to an aromatic ring is 1. The highest BCUT2D eigenvalue weighted by atomic mass is 16.5. The van der Waals surface area contributed by atoms with Gasteiger partial charge in [-0.25, -0.2) is 0 Å². The van der Waals surface area contributed by atoms with Crippen LogP contribution in [0.5, 0.6) is 5.75 Å². The first kappa shape index (κ1) is 12.3. The maximum Gasteiger partial charge on any atom is 0.122 e. The first-order valence-electron chi connectivity index (χ1n) is 5.87. The Morgan fingerprint density at radius 1 is 0.944 bits per heavy atom. The highest BCUT2D eigenvalue weighted by Crippen LogP contribution is 2.26. The van der Waals surface area contributed by atoms with Crippen molar-refractivity contribution in [2.45, 2.75) is 13.8 Å². The molecule has 0 saturated heterocycles. The van der Waals surface area contributed by atoms with Gasteiger partial charge in [0.25, 0.3) is 0 Å². The standard InChI is InChI=1S/C15H18N2O/c1-10-4-5-13(6-11(10)2)17-14-7-12(16)8-15(9-14)18-3/h4-9,17H,16H2,1-3H3. The van der Waals surface area contributed by atoms with Gasteiger partial charge < -0.3 is 15.8 Å². The van der Waals surface area contributed by atoms with Crippen LogP contribution in [0.1, 0.15) is 11.1 Å².